The van der Waals surface area contributed by atoms with E-state index in [0.29, 0.717) is 10.7 Å². The van der Waals surface area contributed by atoms with Gasteiger partial charge in [0, 0.05) is 10.7 Å². The summed E-state index contributed by atoms with van der Waals surface area (Å²) in [5.74, 6) is -0.475. The Kier molecular flexibility index (Phi) is 5.60. The second-order valence-corrected chi connectivity index (χ2v) is 5.96. The number of carbonyl (C=O) groups is 2. The minimum Gasteiger partial charge on any atom is -0.326 e. The highest BCUT2D eigenvalue weighted by Crippen LogP contribution is 2.15. The van der Waals surface area contributed by atoms with Crippen molar-refractivity contribution in [2.24, 2.45) is 10.1 Å². The van der Waals surface area contributed by atoms with Crippen LogP contribution in [0.25, 0.3) is 0 Å². The van der Waals surface area contributed by atoms with Crippen molar-refractivity contribution in [3.63, 3.8) is 0 Å². The van der Waals surface area contributed by atoms with Crippen LogP contribution in [0.5, 0.6) is 0 Å². The number of hydrogen-bond acceptors (Lipinski definition) is 5. The SMILES string of the molecule is O=C(CC1N=C(N/N=C\c2ccccc2)NC1=O)Nc1cccc(Cl)c1. The molecule has 1 aliphatic heterocycles. The van der Waals surface area contributed by atoms with Crippen LogP contribution in [0.4, 0.5) is 5.69 Å². The third kappa shape index (κ3) is 4.90. The summed E-state index contributed by atoms with van der Waals surface area (Å²) >= 11 is 5.87. The van der Waals surface area contributed by atoms with Crippen molar-refractivity contribution in [3.8, 4) is 0 Å². The van der Waals surface area contributed by atoms with E-state index in [9.17, 15) is 9.59 Å². The van der Waals surface area contributed by atoms with E-state index < -0.39 is 6.04 Å². The van der Waals surface area contributed by atoms with E-state index in [4.69, 9.17) is 11.6 Å². The Hall–Kier alpha value is -3.19. The fourth-order valence-electron chi connectivity index (χ4n) is 2.30. The van der Waals surface area contributed by atoms with E-state index >= 15 is 0 Å². The van der Waals surface area contributed by atoms with Crippen LogP contribution >= 0.6 is 11.6 Å². The monoisotopic (exact) mass is 369 g/mol. The average Bonchev–Trinajstić information content (AvgIpc) is 2.95. The molecule has 2 aromatic carbocycles. The number of nitrogens with zero attached hydrogens (tertiary/aromatic N) is 2. The van der Waals surface area contributed by atoms with Crippen molar-refractivity contribution in [1.82, 2.24) is 10.7 Å². The number of aliphatic imine (C=N–C) groups is 1. The molecule has 1 unspecified atom stereocenters. The number of guanidine groups is 1. The topological polar surface area (TPSA) is 94.9 Å². The van der Waals surface area contributed by atoms with E-state index in [1.54, 1.807) is 30.5 Å². The van der Waals surface area contributed by atoms with E-state index in [1.165, 1.54) is 0 Å². The van der Waals surface area contributed by atoms with Crippen molar-refractivity contribution < 1.29 is 9.59 Å². The fourth-order valence-corrected chi connectivity index (χ4v) is 2.49. The third-order valence-corrected chi connectivity index (χ3v) is 3.74. The number of rotatable bonds is 5. The smallest absolute Gasteiger partial charge is 0.252 e. The molecule has 132 valence electrons. The van der Waals surface area contributed by atoms with Crippen LogP contribution < -0.4 is 16.1 Å². The van der Waals surface area contributed by atoms with Gasteiger partial charge in [-0.05, 0) is 23.8 Å². The molecule has 0 fully saturated rings. The maximum atomic E-state index is 12.1. The van der Waals surface area contributed by atoms with Crippen molar-refractivity contribution >= 4 is 41.3 Å². The first kappa shape index (κ1) is 17.6. The Morgan fingerprint density at radius 2 is 2.04 bits per heavy atom. The highest BCUT2D eigenvalue weighted by atomic mass is 35.5. The molecule has 0 aromatic heterocycles. The maximum Gasteiger partial charge on any atom is 0.252 e. The lowest BCUT2D eigenvalue weighted by molar-refractivity contribution is -0.123. The van der Waals surface area contributed by atoms with Gasteiger partial charge < -0.3 is 5.32 Å². The van der Waals surface area contributed by atoms with Crippen LogP contribution in [0.15, 0.2) is 64.7 Å². The normalized spacial score (nSPS) is 16.3. The summed E-state index contributed by atoms with van der Waals surface area (Å²) < 4.78 is 0. The van der Waals surface area contributed by atoms with Crippen molar-refractivity contribution in [1.29, 1.82) is 0 Å². The van der Waals surface area contributed by atoms with Crippen molar-refractivity contribution in [2.75, 3.05) is 5.32 Å². The van der Waals surface area contributed by atoms with Gasteiger partial charge in [0.05, 0.1) is 12.6 Å². The maximum absolute atomic E-state index is 12.1. The Bertz CT molecular complexity index is 867. The van der Waals surface area contributed by atoms with Gasteiger partial charge in [-0.2, -0.15) is 5.10 Å². The van der Waals surface area contributed by atoms with Crippen LogP contribution in [-0.4, -0.2) is 30.0 Å². The number of anilines is 1. The predicted molar refractivity (Wildman–Crippen MR) is 101 cm³/mol. The van der Waals surface area contributed by atoms with Crippen LogP contribution in [0.3, 0.4) is 0 Å². The van der Waals surface area contributed by atoms with Gasteiger partial charge in [-0.25, -0.2) is 10.4 Å². The molecule has 1 heterocycles. The Balaban J connectivity index is 1.54. The molecule has 3 rings (SSSR count). The van der Waals surface area contributed by atoms with Gasteiger partial charge in [0.2, 0.25) is 11.9 Å². The van der Waals surface area contributed by atoms with Gasteiger partial charge in [0.1, 0.15) is 6.04 Å². The molecular weight excluding hydrogens is 354 g/mol. The van der Waals surface area contributed by atoms with Gasteiger partial charge in [0.15, 0.2) is 0 Å². The van der Waals surface area contributed by atoms with Gasteiger partial charge in [-0.1, -0.05) is 48.0 Å². The predicted octanol–water partition coefficient (Wildman–Crippen LogP) is 2.15. The van der Waals surface area contributed by atoms with Gasteiger partial charge >= 0.3 is 0 Å². The summed E-state index contributed by atoms with van der Waals surface area (Å²) in [6.45, 7) is 0. The Labute approximate surface area is 155 Å². The molecule has 1 atom stereocenters. The Morgan fingerprint density at radius 3 is 2.81 bits per heavy atom. The molecule has 0 radical (unpaired) electrons. The van der Waals surface area contributed by atoms with Gasteiger partial charge in [-0.15, -0.1) is 0 Å². The van der Waals surface area contributed by atoms with Crippen molar-refractivity contribution in [2.45, 2.75) is 12.5 Å². The van der Waals surface area contributed by atoms with Crippen LogP contribution in [0, 0.1) is 0 Å². The zero-order chi connectivity index (χ0) is 18.4. The van der Waals surface area contributed by atoms with Crippen LogP contribution in [0.1, 0.15) is 12.0 Å². The Morgan fingerprint density at radius 1 is 1.23 bits per heavy atom. The van der Waals surface area contributed by atoms with E-state index in [0.717, 1.165) is 5.56 Å². The van der Waals surface area contributed by atoms with Gasteiger partial charge in [0.25, 0.3) is 5.91 Å². The molecule has 26 heavy (non-hydrogen) atoms. The minimum absolute atomic E-state index is 0.0775. The second kappa shape index (κ2) is 8.26. The standard InChI is InChI=1S/C18H16ClN5O2/c19-13-7-4-8-14(9-13)21-16(25)10-15-17(26)23-18(22-15)24-20-11-12-5-2-1-3-6-12/h1-9,11,15H,10H2,(H,21,25)(H2,22,23,24,26)/b20-11-. The highest BCUT2D eigenvalue weighted by molar-refractivity contribution is 6.30. The van der Waals surface area contributed by atoms with E-state index in [2.05, 4.69) is 26.2 Å². The van der Waals surface area contributed by atoms with E-state index in [1.807, 2.05) is 30.3 Å². The molecule has 1 aliphatic rings. The lowest BCUT2D eigenvalue weighted by Crippen LogP contribution is -2.35. The lowest BCUT2D eigenvalue weighted by Gasteiger charge is -2.07. The molecule has 0 aliphatic carbocycles. The molecule has 0 saturated carbocycles. The number of hydrogen-bond donors (Lipinski definition) is 3. The van der Waals surface area contributed by atoms with Crippen LogP contribution in [-0.2, 0) is 9.59 Å². The molecule has 2 aromatic rings. The van der Waals surface area contributed by atoms with Crippen molar-refractivity contribution in [3.05, 3.63) is 65.2 Å². The molecule has 0 spiro atoms. The summed E-state index contributed by atoms with van der Waals surface area (Å²) in [5.41, 5.74) is 4.13. The zero-order valence-corrected chi connectivity index (χ0v) is 14.4. The first-order valence-corrected chi connectivity index (χ1v) is 8.26. The molecule has 7 nitrogen and oxygen atoms in total. The quantitative estimate of drug-likeness (QED) is 0.556. The molecule has 0 bridgehead atoms. The van der Waals surface area contributed by atoms with E-state index in [-0.39, 0.29) is 24.2 Å². The summed E-state index contributed by atoms with van der Waals surface area (Å²) in [4.78, 5) is 28.2. The number of benzene rings is 2. The lowest BCUT2D eigenvalue weighted by atomic mass is 10.2. The second-order valence-electron chi connectivity index (χ2n) is 5.53. The molecule has 3 N–H and O–H groups in total. The molecular formula is C18H16ClN5O2. The zero-order valence-electron chi connectivity index (χ0n) is 13.6. The number of halogens is 1. The molecule has 0 saturated heterocycles. The highest BCUT2D eigenvalue weighted by Gasteiger charge is 2.28. The van der Waals surface area contributed by atoms with Crippen LogP contribution in [0.2, 0.25) is 5.02 Å². The van der Waals surface area contributed by atoms with Gasteiger partial charge in [-0.3, -0.25) is 14.9 Å². The fraction of sp³-hybridized carbons (Fsp3) is 0.111. The number of hydrazone groups is 1. The number of amides is 2. The minimum atomic E-state index is -0.802. The largest absolute Gasteiger partial charge is 0.326 e. The first-order valence-electron chi connectivity index (χ1n) is 7.88. The summed E-state index contributed by atoms with van der Waals surface area (Å²) in [6.07, 6.45) is 1.53. The third-order valence-electron chi connectivity index (χ3n) is 3.50. The first-order chi connectivity index (χ1) is 12.6. The number of carbonyl (C=O) groups excluding carboxylic acids is 2. The average molecular weight is 370 g/mol. The summed E-state index contributed by atoms with van der Waals surface area (Å²) in [6, 6.07) is 15.5. The summed E-state index contributed by atoms with van der Waals surface area (Å²) in [5, 5.41) is 9.77. The summed E-state index contributed by atoms with van der Waals surface area (Å²) in [7, 11) is 0. The molecule has 8 heteroatoms. The number of nitrogens with one attached hydrogen (secondary N) is 3. The molecule has 2 amide bonds.